The van der Waals surface area contributed by atoms with Crippen LogP contribution in [0.2, 0.25) is 0 Å². The fraction of sp³-hybridized carbons (Fsp3) is 0.417. The lowest BCUT2D eigenvalue weighted by molar-refractivity contribution is 0.335. The molecule has 0 fully saturated rings. The molecule has 0 amide bonds. The van der Waals surface area contributed by atoms with Crippen molar-refractivity contribution >= 4 is 0 Å². The van der Waals surface area contributed by atoms with Gasteiger partial charge in [-0.3, -0.25) is 0 Å². The molecule has 1 nitrogen and oxygen atoms in total. The van der Waals surface area contributed by atoms with E-state index in [4.69, 9.17) is 4.74 Å². The lowest BCUT2D eigenvalue weighted by Crippen LogP contribution is -2.00. The van der Waals surface area contributed by atoms with Crippen LogP contribution in [0.1, 0.15) is 69.1 Å². The second-order valence-electron chi connectivity index (χ2n) is 6.36. The third-order valence-corrected chi connectivity index (χ3v) is 4.30. The molecule has 2 aromatic carbocycles. The number of hydrogen-bond acceptors (Lipinski definition) is 1. The molecule has 2 rings (SSSR count). The quantitative estimate of drug-likeness (QED) is 0.381. The van der Waals surface area contributed by atoms with E-state index in [0.717, 1.165) is 23.3 Å². The molecule has 0 unspecified atom stereocenters. The van der Waals surface area contributed by atoms with Gasteiger partial charge < -0.3 is 4.74 Å². The van der Waals surface area contributed by atoms with Gasteiger partial charge in [0, 0.05) is 5.56 Å². The largest absolute Gasteiger partial charge is 0.492 e. The summed E-state index contributed by atoms with van der Waals surface area (Å²) in [5, 5.41) is 0. The highest BCUT2D eigenvalue weighted by Crippen LogP contribution is 2.26. The Bertz CT molecular complexity index is 676. The Hall–Kier alpha value is -2.20. The molecule has 2 aromatic rings. The molecule has 0 atom stereocenters. The summed E-state index contributed by atoms with van der Waals surface area (Å²) in [6.45, 7) is 4.97. The Morgan fingerprint density at radius 2 is 1.52 bits per heavy atom. The zero-order valence-electron chi connectivity index (χ0n) is 15.7. The molecule has 0 aliphatic rings. The van der Waals surface area contributed by atoms with E-state index < -0.39 is 0 Å². The molecule has 0 radical (unpaired) electrons. The van der Waals surface area contributed by atoms with Gasteiger partial charge in [-0.05, 0) is 43.5 Å². The van der Waals surface area contributed by atoms with Crippen molar-refractivity contribution < 1.29 is 4.74 Å². The number of unbranched alkanes of at least 4 members (excludes halogenated alkanes) is 5. The van der Waals surface area contributed by atoms with Crippen LogP contribution in [0.4, 0.5) is 0 Å². The van der Waals surface area contributed by atoms with Crippen LogP contribution >= 0.6 is 0 Å². The molecule has 1 heteroatoms. The van der Waals surface area contributed by atoms with Crippen molar-refractivity contribution in [2.45, 2.75) is 58.8 Å². The minimum absolute atomic E-state index is 0.674. The lowest BCUT2D eigenvalue weighted by Gasteiger charge is -2.12. The number of benzene rings is 2. The Balaban J connectivity index is 2.06. The molecule has 0 aliphatic heterocycles. The van der Waals surface area contributed by atoms with Crippen LogP contribution < -0.4 is 4.74 Å². The molecular formula is C24H30O. The molecule has 132 valence electrons. The summed E-state index contributed by atoms with van der Waals surface area (Å²) in [4.78, 5) is 0. The van der Waals surface area contributed by atoms with Crippen LogP contribution in [0, 0.1) is 11.8 Å². The van der Waals surface area contributed by atoms with Crippen molar-refractivity contribution in [3.05, 3.63) is 65.2 Å². The first-order chi connectivity index (χ1) is 12.3. The van der Waals surface area contributed by atoms with Crippen LogP contribution in [0.3, 0.4) is 0 Å². The summed E-state index contributed by atoms with van der Waals surface area (Å²) in [5.74, 6) is 7.52. The highest BCUT2D eigenvalue weighted by Gasteiger charge is 2.08. The minimum atomic E-state index is 0.674. The fourth-order valence-corrected chi connectivity index (χ4v) is 2.95. The smallest absolute Gasteiger partial charge is 0.138 e. The Labute approximate surface area is 153 Å². The van der Waals surface area contributed by atoms with Gasteiger partial charge in [-0.25, -0.2) is 0 Å². The highest BCUT2D eigenvalue weighted by atomic mass is 16.5. The average molecular weight is 335 g/mol. The van der Waals surface area contributed by atoms with Crippen LogP contribution in [0.15, 0.2) is 48.5 Å². The Morgan fingerprint density at radius 3 is 2.28 bits per heavy atom. The van der Waals surface area contributed by atoms with Crippen LogP contribution in [0.5, 0.6) is 5.75 Å². The molecule has 0 saturated carbocycles. The van der Waals surface area contributed by atoms with Crippen molar-refractivity contribution in [2.75, 3.05) is 6.61 Å². The zero-order valence-corrected chi connectivity index (χ0v) is 15.7. The predicted octanol–water partition coefficient (Wildman–Crippen LogP) is 6.39. The normalized spacial score (nSPS) is 10.2. The number of ether oxygens (including phenoxy) is 1. The molecule has 0 aliphatic carbocycles. The lowest BCUT2D eigenvalue weighted by atomic mass is 10.0. The standard InChI is InChI=1S/C24H30O/c1-3-5-6-7-8-12-16-22-17-13-18-23(24(22)25-4-2)20-19-21-14-10-9-11-15-21/h9-11,13-15,17-18H,3-8,12,16H2,1-2H3. The van der Waals surface area contributed by atoms with E-state index in [9.17, 15) is 0 Å². The maximum atomic E-state index is 5.95. The van der Waals surface area contributed by atoms with Gasteiger partial charge in [0.05, 0.1) is 12.2 Å². The molecule has 0 bridgehead atoms. The molecule has 0 saturated heterocycles. The second-order valence-corrected chi connectivity index (χ2v) is 6.36. The van der Waals surface area contributed by atoms with Crippen molar-refractivity contribution in [2.24, 2.45) is 0 Å². The van der Waals surface area contributed by atoms with Gasteiger partial charge >= 0.3 is 0 Å². The summed E-state index contributed by atoms with van der Waals surface area (Å²) >= 11 is 0. The van der Waals surface area contributed by atoms with E-state index in [1.165, 1.54) is 44.1 Å². The highest BCUT2D eigenvalue weighted by molar-refractivity contribution is 5.53. The first-order valence-electron chi connectivity index (χ1n) is 9.67. The van der Waals surface area contributed by atoms with E-state index in [2.05, 4.69) is 37.0 Å². The molecule has 0 heterocycles. The zero-order chi connectivity index (χ0) is 17.7. The molecule has 25 heavy (non-hydrogen) atoms. The van der Waals surface area contributed by atoms with Gasteiger partial charge in [-0.1, -0.05) is 81.2 Å². The summed E-state index contributed by atoms with van der Waals surface area (Å²) in [6, 6.07) is 16.5. The van der Waals surface area contributed by atoms with E-state index >= 15 is 0 Å². The number of para-hydroxylation sites is 1. The molecular weight excluding hydrogens is 304 g/mol. The van der Waals surface area contributed by atoms with E-state index in [0.29, 0.717) is 6.61 Å². The number of aryl methyl sites for hydroxylation is 1. The number of rotatable bonds is 9. The minimum Gasteiger partial charge on any atom is -0.492 e. The maximum Gasteiger partial charge on any atom is 0.138 e. The van der Waals surface area contributed by atoms with E-state index in [-0.39, 0.29) is 0 Å². The van der Waals surface area contributed by atoms with Crippen LogP contribution in [0.25, 0.3) is 0 Å². The Kier molecular flexibility index (Phi) is 8.70. The van der Waals surface area contributed by atoms with Gasteiger partial charge in [0.25, 0.3) is 0 Å². The topological polar surface area (TPSA) is 9.23 Å². The average Bonchev–Trinajstić information content (AvgIpc) is 2.65. The summed E-state index contributed by atoms with van der Waals surface area (Å²) < 4.78 is 5.95. The maximum absolute atomic E-state index is 5.95. The van der Waals surface area contributed by atoms with Crippen LogP contribution in [-0.2, 0) is 6.42 Å². The third-order valence-electron chi connectivity index (χ3n) is 4.30. The molecule has 0 spiro atoms. The van der Waals surface area contributed by atoms with Crippen molar-refractivity contribution in [1.82, 2.24) is 0 Å². The van der Waals surface area contributed by atoms with Crippen molar-refractivity contribution in [3.8, 4) is 17.6 Å². The third kappa shape index (κ3) is 6.67. The summed E-state index contributed by atoms with van der Waals surface area (Å²) in [7, 11) is 0. The van der Waals surface area contributed by atoms with E-state index in [1.807, 2.05) is 37.3 Å². The van der Waals surface area contributed by atoms with Gasteiger partial charge in [0.15, 0.2) is 0 Å². The molecule has 0 aromatic heterocycles. The van der Waals surface area contributed by atoms with Gasteiger partial charge in [0.2, 0.25) is 0 Å². The van der Waals surface area contributed by atoms with E-state index in [1.54, 1.807) is 0 Å². The van der Waals surface area contributed by atoms with Gasteiger partial charge in [-0.15, -0.1) is 0 Å². The second kappa shape index (κ2) is 11.4. The predicted molar refractivity (Wildman–Crippen MR) is 107 cm³/mol. The van der Waals surface area contributed by atoms with Gasteiger partial charge in [0.1, 0.15) is 5.75 Å². The summed E-state index contributed by atoms with van der Waals surface area (Å²) in [5.41, 5.74) is 3.32. The van der Waals surface area contributed by atoms with Crippen LogP contribution in [-0.4, -0.2) is 6.61 Å². The van der Waals surface area contributed by atoms with Crippen molar-refractivity contribution in [1.29, 1.82) is 0 Å². The number of hydrogen-bond donors (Lipinski definition) is 0. The Morgan fingerprint density at radius 1 is 0.760 bits per heavy atom. The van der Waals surface area contributed by atoms with Gasteiger partial charge in [-0.2, -0.15) is 0 Å². The first kappa shape index (κ1) is 19.1. The molecule has 0 N–H and O–H groups in total. The van der Waals surface area contributed by atoms with Crippen molar-refractivity contribution in [3.63, 3.8) is 0 Å². The fourth-order valence-electron chi connectivity index (χ4n) is 2.95. The SMILES string of the molecule is CCCCCCCCc1cccc(C#Cc2ccccc2)c1OCC. The summed E-state index contributed by atoms with van der Waals surface area (Å²) in [6.07, 6.45) is 8.95. The monoisotopic (exact) mass is 334 g/mol. The first-order valence-corrected chi connectivity index (χ1v) is 9.67.